The number of carbonyl (C=O) groups is 2. The molecule has 5 rings (SSSR count). The molecular weight excluding hydrogens is 558 g/mol. The van der Waals surface area contributed by atoms with Crippen LogP contribution >= 0.6 is 0 Å². The van der Waals surface area contributed by atoms with Crippen LogP contribution in [0, 0.1) is 0 Å². The fourth-order valence-electron chi connectivity index (χ4n) is 4.48. The number of morpholine rings is 1. The van der Waals surface area contributed by atoms with Crippen LogP contribution in [0.2, 0.25) is 0 Å². The van der Waals surface area contributed by atoms with Gasteiger partial charge in [0.2, 0.25) is 0 Å². The number of carbonyl (C=O) groups excluding carboxylic acids is 2. The number of hydrogen-bond donors (Lipinski definition) is 1. The van der Waals surface area contributed by atoms with E-state index < -0.39 is 35.1 Å². The standard InChI is InChI=1S/C31H31N3O7S/c1-33(42(37,38)29-15-6-23-4-2-3-5-24(23)20-29)26-11-13-28(14-12-26)40-22-31(36)41-21-30(35)32-25-7-9-27(10-8-25)34-16-18-39-19-17-34/h2-15,20H,16-19,21-22H2,1H3,(H,32,35). The Morgan fingerprint density at radius 1 is 0.881 bits per heavy atom. The highest BCUT2D eigenvalue weighted by Gasteiger charge is 2.22. The van der Waals surface area contributed by atoms with Crippen molar-refractivity contribution in [3.63, 3.8) is 0 Å². The SMILES string of the molecule is CN(c1ccc(OCC(=O)OCC(=O)Nc2ccc(N3CCOCC3)cc2)cc1)S(=O)(=O)c1ccc2ccccc2c1. The summed E-state index contributed by atoms with van der Waals surface area (Å²) in [6, 6.07) is 26.3. The van der Waals surface area contributed by atoms with Gasteiger partial charge in [-0.1, -0.05) is 30.3 Å². The summed E-state index contributed by atoms with van der Waals surface area (Å²) in [4.78, 5) is 26.7. The zero-order valence-corrected chi connectivity index (χ0v) is 23.9. The summed E-state index contributed by atoms with van der Waals surface area (Å²) in [6.07, 6.45) is 0. The number of fused-ring (bicyclic) bond motifs is 1. The van der Waals surface area contributed by atoms with Crippen LogP contribution in [-0.4, -0.2) is 66.9 Å². The lowest BCUT2D eigenvalue weighted by atomic mass is 10.1. The summed E-state index contributed by atoms with van der Waals surface area (Å²) in [7, 11) is -2.32. The number of benzene rings is 4. The quantitative estimate of drug-likeness (QED) is 0.276. The first-order valence-electron chi connectivity index (χ1n) is 13.4. The lowest BCUT2D eigenvalue weighted by Gasteiger charge is -2.28. The summed E-state index contributed by atoms with van der Waals surface area (Å²) in [6.45, 7) is 2.15. The van der Waals surface area contributed by atoms with E-state index in [0.717, 1.165) is 29.5 Å². The van der Waals surface area contributed by atoms with Gasteiger partial charge in [0.1, 0.15) is 5.75 Å². The molecule has 1 aliphatic rings. The molecule has 1 saturated heterocycles. The maximum atomic E-state index is 13.2. The van der Waals surface area contributed by atoms with Gasteiger partial charge in [-0.05, 0) is 71.4 Å². The molecule has 4 aromatic carbocycles. The van der Waals surface area contributed by atoms with Crippen molar-refractivity contribution >= 4 is 49.7 Å². The summed E-state index contributed by atoms with van der Waals surface area (Å²) < 4.78 is 43.4. The topological polar surface area (TPSA) is 114 Å². The second kappa shape index (κ2) is 12.9. The molecule has 1 aliphatic heterocycles. The van der Waals surface area contributed by atoms with Crippen LogP contribution in [0.5, 0.6) is 5.75 Å². The molecule has 0 unspecified atom stereocenters. The highest BCUT2D eigenvalue weighted by molar-refractivity contribution is 7.92. The molecule has 0 atom stereocenters. The molecule has 0 aliphatic carbocycles. The van der Waals surface area contributed by atoms with Crippen molar-refractivity contribution in [3.8, 4) is 5.75 Å². The van der Waals surface area contributed by atoms with Crippen LogP contribution in [0.1, 0.15) is 0 Å². The van der Waals surface area contributed by atoms with Gasteiger partial charge < -0.3 is 24.4 Å². The summed E-state index contributed by atoms with van der Waals surface area (Å²) in [5.41, 5.74) is 2.07. The van der Waals surface area contributed by atoms with Gasteiger partial charge in [-0.2, -0.15) is 0 Å². The predicted molar refractivity (Wildman–Crippen MR) is 161 cm³/mol. The van der Waals surface area contributed by atoms with Crippen molar-refractivity contribution in [2.45, 2.75) is 4.90 Å². The van der Waals surface area contributed by atoms with Crippen LogP contribution in [0.25, 0.3) is 10.8 Å². The van der Waals surface area contributed by atoms with Crippen LogP contribution in [0.4, 0.5) is 17.1 Å². The van der Waals surface area contributed by atoms with Crippen molar-refractivity contribution in [1.82, 2.24) is 0 Å². The first kappa shape index (κ1) is 28.9. The molecule has 1 amide bonds. The number of anilines is 3. The first-order valence-corrected chi connectivity index (χ1v) is 14.8. The van der Waals surface area contributed by atoms with Crippen molar-refractivity contribution < 1.29 is 32.2 Å². The summed E-state index contributed by atoms with van der Waals surface area (Å²) in [5.74, 6) is -0.840. The Morgan fingerprint density at radius 2 is 1.57 bits per heavy atom. The van der Waals surface area contributed by atoms with E-state index in [4.69, 9.17) is 14.2 Å². The average molecular weight is 590 g/mol. The summed E-state index contributed by atoms with van der Waals surface area (Å²) in [5, 5.41) is 4.48. The van der Waals surface area contributed by atoms with E-state index in [-0.39, 0.29) is 4.90 Å². The molecule has 0 aromatic heterocycles. The first-order chi connectivity index (χ1) is 20.3. The number of nitrogens with one attached hydrogen (secondary N) is 1. The Labute approximate surface area is 244 Å². The average Bonchev–Trinajstić information content (AvgIpc) is 3.03. The zero-order chi connectivity index (χ0) is 29.5. The van der Waals surface area contributed by atoms with Gasteiger partial charge in [0.25, 0.3) is 15.9 Å². The highest BCUT2D eigenvalue weighted by Crippen LogP contribution is 2.26. The number of ether oxygens (including phenoxy) is 3. The van der Waals surface area contributed by atoms with Gasteiger partial charge in [-0.15, -0.1) is 0 Å². The molecule has 42 heavy (non-hydrogen) atoms. The largest absolute Gasteiger partial charge is 0.482 e. The van der Waals surface area contributed by atoms with Gasteiger partial charge in [0.15, 0.2) is 13.2 Å². The van der Waals surface area contributed by atoms with E-state index in [9.17, 15) is 18.0 Å². The molecule has 1 heterocycles. The Balaban J connectivity index is 1.08. The number of esters is 1. The molecular formula is C31H31N3O7S. The third kappa shape index (κ3) is 6.99. The van der Waals surface area contributed by atoms with E-state index in [1.165, 1.54) is 11.4 Å². The molecule has 218 valence electrons. The van der Waals surface area contributed by atoms with E-state index >= 15 is 0 Å². The van der Waals surface area contributed by atoms with Crippen molar-refractivity contribution in [1.29, 1.82) is 0 Å². The van der Waals surface area contributed by atoms with Gasteiger partial charge in [-0.3, -0.25) is 9.10 Å². The fraction of sp³-hybridized carbons (Fsp3) is 0.226. The third-order valence-electron chi connectivity index (χ3n) is 6.83. The molecule has 0 bridgehead atoms. The lowest BCUT2D eigenvalue weighted by molar-refractivity contribution is -0.149. The van der Waals surface area contributed by atoms with E-state index in [1.54, 1.807) is 54.6 Å². The van der Waals surface area contributed by atoms with Crippen molar-refractivity contribution in [2.24, 2.45) is 0 Å². The van der Waals surface area contributed by atoms with Gasteiger partial charge in [0.05, 0.1) is 23.8 Å². The Bertz CT molecular complexity index is 1650. The predicted octanol–water partition coefficient (Wildman–Crippen LogP) is 4.06. The minimum Gasteiger partial charge on any atom is -0.482 e. The molecule has 10 nitrogen and oxygen atoms in total. The molecule has 4 aromatic rings. The summed E-state index contributed by atoms with van der Waals surface area (Å²) >= 11 is 0. The van der Waals surface area contributed by atoms with E-state index in [1.807, 2.05) is 36.4 Å². The monoisotopic (exact) mass is 589 g/mol. The second-order valence-corrected chi connectivity index (χ2v) is 11.6. The van der Waals surface area contributed by atoms with Gasteiger partial charge in [-0.25, -0.2) is 13.2 Å². The Kier molecular flexibility index (Phi) is 8.89. The number of nitrogens with zero attached hydrogens (tertiary/aromatic N) is 2. The lowest BCUT2D eigenvalue weighted by Crippen LogP contribution is -2.36. The van der Waals surface area contributed by atoms with Gasteiger partial charge in [0, 0.05) is 31.5 Å². The molecule has 0 radical (unpaired) electrons. The molecule has 1 N–H and O–H groups in total. The third-order valence-corrected chi connectivity index (χ3v) is 8.61. The molecule has 11 heteroatoms. The molecule has 0 saturated carbocycles. The molecule has 0 spiro atoms. The van der Waals surface area contributed by atoms with Crippen molar-refractivity contribution in [3.05, 3.63) is 91.0 Å². The Morgan fingerprint density at radius 3 is 2.29 bits per heavy atom. The second-order valence-electron chi connectivity index (χ2n) is 9.62. The van der Waals surface area contributed by atoms with Crippen LogP contribution in [0.3, 0.4) is 0 Å². The zero-order valence-electron chi connectivity index (χ0n) is 23.1. The minimum atomic E-state index is -3.79. The number of amides is 1. The van der Waals surface area contributed by atoms with Crippen LogP contribution in [-0.2, 0) is 29.1 Å². The van der Waals surface area contributed by atoms with Crippen molar-refractivity contribution in [2.75, 3.05) is 61.1 Å². The number of rotatable bonds is 10. The molecule has 1 fully saturated rings. The van der Waals surface area contributed by atoms with E-state index in [0.29, 0.717) is 30.3 Å². The minimum absolute atomic E-state index is 0.181. The maximum absolute atomic E-state index is 13.2. The number of sulfonamides is 1. The fourth-order valence-corrected chi connectivity index (χ4v) is 5.71. The van der Waals surface area contributed by atoms with E-state index in [2.05, 4.69) is 10.2 Å². The maximum Gasteiger partial charge on any atom is 0.344 e. The Hall–Kier alpha value is -4.61. The number of hydrogen-bond acceptors (Lipinski definition) is 8. The highest BCUT2D eigenvalue weighted by atomic mass is 32.2. The van der Waals surface area contributed by atoms with Crippen LogP contribution < -0.4 is 19.3 Å². The van der Waals surface area contributed by atoms with Crippen LogP contribution in [0.15, 0.2) is 95.9 Å². The van der Waals surface area contributed by atoms with Gasteiger partial charge >= 0.3 is 5.97 Å². The smallest absolute Gasteiger partial charge is 0.344 e. The normalized spacial score (nSPS) is 13.4.